The highest BCUT2D eigenvalue weighted by Crippen LogP contribution is 2.78. The van der Waals surface area contributed by atoms with Crippen LogP contribution in [0.2, 0.25) is 0 Å². The van der Waals surface area contributed by atoms with Gasteiger partial charge in [0.25, 0.3) is 0 Å². The predicted molar refractivity (Wildman–Crippen MR) is 119 cm³/mol. The number of ether oxygens (including phenoxy) is 2. The zero-order valence-corrected chi connectivity index (χ0v) is 20.7. The van der Waals surface area contributed by atoms with Crippen molar-refractivity contribution >= 4 is 41.8 Å². The lowest BCUT2D eigenvalue weighted by Gasteiger charge is -2.29. The first-order valence-corrected chi connectivity index (χ1v) is 13.3. The van der Waals surface area contributed by atoms with Gasteiger partial charge in [0.2, 0.25) is 11.8 Å². The third-order valence-electron chi connectivity index (χ3n) is 6.01. The van der Waals surface area contributed by atoms with Gasteiger partial charge >= 0.3 is 7.82 Å². The molecule has 0 amide bonds. The van der Waals surface area contributed by atoms with Gasteiger partial charge in [0.1, 0.15) is 12.2 Å². The van der Waals surface area contributed by atoms with Crippen molar-refractivity contribution in [1.29, 1.82) is 0 Å². The number of anilines is 1. The quantitative estimate of drug-likeness (QED) is 0.405. The minimum atomic E-state index is -4.03. The van der Waals surface area contributed by atoms with Crippen molar-refractivity contribution in [3.8, 4) is 5.88 Å². The number of nitrogens with two attached hydrogens (primary N) is 1. The van der Waals surface area contributed by atoms with Crippen LogP contribution in [0, 0.1) is 5.92 Å². The molecule has 3 aliphatic rings. The van der Waals surface area contributed by atoms with Gasteiger partial charge in [-0.05, 0) is 13.8 Å². The van der Waals surface area contributed by atoms with E-state index >= 15 is 4.39 Å². The van der Waals surface area contributed by atoms with Gasteiger partial charge < -0.3 is 15.2 Å². The lowest BCUT2D eigenvalue weighted by atomic mass is 9.97. The molecule has 6 unspecified atom stereocenters. The Labute approximate surface area is 198 Å². The molecule has 12 nitrogen and oxygen atoms in total. The van der Waals surface area contributed by atoms with Gasteiger partial charge in [-0.25, -0.2) is 13.9 Å². The van der Waals surface area contributed by atoms with Crippen LogP contribution in [-0.4, -0.2) is 67.1 Å². The maximum absolute atomic E-state index is 16.3. The largest absolute Gasteiger partial charge is 0.476 e. The summed E-state index contributed by atoms with van der Waals surface area (Å²) in [5, 5.41) is -0.00971. The Morgan fingerprint density at radius 3 is 2.88 bits per heavy atom. The van der Waals surface area contributed by atoms with E-state index in [4.69, 9.17) is 28.8 Å². The Kier molecular flexibility index (Phi) is 5.69. The number of thioether (sulfide) groups is 1. The Morgan fingerprint density at radius 2 is 2.18 bits per heavy atom. The van der Waals surface area contributed by atoms with Gasteiger partial charge in [-0.3, -0.25) is 22.9 Å². The number of alkyl halides is 1. The second kappa shape index (κ2) is 8.10. The van der Waals surface area contributed by atoms with Crippen molar-refractivity contribution in [3.05, 3.63) is 6.33 Å². The van der Waals surface area contributed by atoms with E-state index < -0.39 is 37.5 Å². The molecular weight excluding hydrogens is 492 g/mol. The molecule has 2 N–H and O–H groups in total. The van der Waals surface area contributed by atoms with Crippen molar-refractivity contribution < 1.29 is 36.8 Å². The van der Waals surface area contributed by atoms with Crippen LogP contribution < -0.4 is 10.5 Å². The molecule has 1 spiro atoms. The SMILES string of the molecule is CCOc1nc(N)nc2c1ncn2C1OC2C3OP(=O)(OCCSC(=O)C(C)C)OC23C1(C)F. The van der Waals surface area contributed by atoms with Crippen LogP contribution in [0.3, 0.4) is 0 Å². The molecule has 0 bridgehead atoms. The topological polar surface area (TPSA) is 150 Å². The summed E-state index contributed by atoms with van der Waals surface area (Å²) < 4.78 is 58.4. The van der Waals surface area contributed by atoms with Gasteiger partial charge in [-0.15, -0.1) is 0 Å². The number of aromatic nitrogens is 4. The van der Waals surface area contributed by atoms with Gasteiger partial charge in [0.15, 0.2) is 33.8 Å². The van der Waals surface area contributed by atoms with Crippen molar-refractivity contribution in [2.24, 2.45) is 5.92 Å². The Morgan fingerprint density at radius 1 is 1.41 bits per heavy atom. The van der Waals surface area contributed by atoms with E-state index in [1.807, 2.05) is 0 Å². The summed E-state index contributed by atoms with van der Waals surface area (Å²) in [5.41, 5.74) is 2.54. The molecule has 6 atom stereocenters. The fraction of sp³-hybridized carbons (Fsp3) is 0.684. The van der Waals surface area contributed by atoms with Gasteiger partial charge in [0, 0.05) is 11.7 Å². The third kappa shape index (κ3) is 3.46. The molecule has 0 aromatic carbocycles. The summed E-state index contributed by atoms with van der Waals surface area (Å²) in [6.45, 7) is 6.92. The van der Waals surface area contributed by atoms with E-state index in [2.05, 4.69) is 15.0 Å². The van der Waals surface area contributed by atoms with Gasteiger partial charge in [-0.2, -0.15) is 9.97 Å². The molecule has 15 heteroatoms. The molecule has 186 valence electrons. The zero-order chi connectivity index (χ0) is 24.5. The van der Waals surface area contributed by atoms with Gasteiger partial charge in [0.05, 0.1) is 19.5 Å². The van der Waals surface area contributed by atoms with Crippen LogP contribution >= 0.6 is 19.6 Å². The van der Waals surface area contributed by atoms with Crippen molar-refractivity contribution in [2.45, 2.75) is 57.4 Å². The highest BCUT2D eigenvalue weighted by Gasteiger charge is 2.91. The number of carbonyl (C=O) groups excluding carboxylic acids is 1. The zero-order valence-electron chi connectivity index (χ0n) is 19.0. The highest BCUT2D eigenvalue weighted by atomic mass is 32.2. The maximum atomic E-state index is 16.3. The first-order chi connectivity index (χ1) is 16.0. The maximum Gasteiger partial charge on any atom is 0.476 e. The number of fused-ring (bicyclic) bond motifs is 2. The first-order valence-electron chi connectivity index (χ1n) is 10.8. The molecule has 34 heavy (non-hydrogen) atoms. The normalized spacial score (nSPS) is 36.1. The summed E-state index contributed by atoms with van der Waals surface area (Å²) in [6.07, 6.45) is -1.53. The predicted octanol–water partition coefficient (Wildman–Crippen LogP) is 2.64. The number of halogens is 1. The number of hydrogen-bond acceptors (Lipinski definition) is 12. The molecule has 2 aromatic rings. The Balaban J connectivity index is 1.33. The summed E-state index contributed by atoms with van der Waals surface area (Å²) in [5.74, 6) is 0.252. The number of rotatable bonds is 8. The van der Waals surface area contributed by atoms with Crippen LogP contribution in [0.5, 0.6) is 5.88 Å². The van der Waals surface area contributed by atoms with E-state index in [0.29, 0.717) is 12.1 Å². The molecule has 0 radical (unpaired) electrons. The van der Waals surface area contributed by atoms with E-state index in [1.165, 1.54) is 17.8 Å². The molecule has 2 saturated heterocycles. The minimum Gasteiger partial charge on any atom is -0.476 e. The number of nitrogen functional groups attached to an aromatic ring is 1. The second-order valence-electron chi connectivity index (χ2n) is 8.64. The average Bonchev–Trinajstić information content (AvgIpc) is 3.06. The fourth-order valence-corrected chi connectivity index (χ4v) is 6.92. The first kappa shape index (κ1) is 23.9. The molecule has 2 aliphatic heterocycles. The van der Waals surface area contributed by atoms with E-state index in [0.717, 1.165) is 11.8 Å². The average molecular weight is 517 g/mol. The van der Waals surface area contributed by atoms with Crippen molar-refractivity contribution in [2.75, 3.05) is 24.7 Å². The highest BCUT2D eigenvalue weighted by molar-refractivity contribution is 8.13. The number of nitrogens with zero attached hydrogens (tertiary/aromatic N) is 4. The van der Waals surface area contributed by atoms with Crippen LogP contribution in [0.15, 0.2) is 6.33 Å². The van der Waals surface area contributed by atoms with Crippen LogP contribution in [0.4, 0.5) is 10.3 Å². The molecular formula is C19H25FN5O7PS. The van der Waals surface area contributed by atoms with Gasteiger partial charge in [-0.1, -0.05) is 25.6 Å². The Bertz CT molecular complexity index is 1200. The van der Waals surface area contributed by atoms with E-state index in [9.17, 15) is 9.36 Å². The number of hydrogen-bond donors (Lipinski definition) is 1. The lowest BCUT2D eigenvalue weighted by molar-refractivity contribution is -0.113. The number of phosphoric ester groups is 1. The summed E-state index contributed by atoms with van der Waals surface area (Å²) in [6, 6.07) is 0. The lowest BCUT2D eigenvalue weighted by Crippen LogP contribution is -2.44. The molecule has 1 aliphatic carbocycles. The Hall–Kier alpha value is -1.83. The van der Waals surface area contributed by atoms with Crippen LogP contribution in [-0.2, 0) is 27.7 Å². The smallest absolute Gasteiger partial charge is 0.476 e. The number of imidazole rings is 1. The molecule has 3 fully saturated rings. The fourth-order valence-electron chi connectivity index (χ4n) is 4.32. The second-order valence-corrected chi connectivity index (χ2v) is 11.3. The number of phosphoric acid groups is 1. The van der Waals surface area contributed by atoms with E-state index in [-0.39, 0.29) is 40.9 Å². The van der Waals surface area contributed by atoms with Crippen molar-refractivity contribution in [1.82, 2.24) is 19.5 Å². The monoisotopic (exact) mass is 517 g/mol. The summed E-state index contributed by atoms with van der Waals surface area (Å²) in [4.78, 5) is 24.2. The minimum absolute atomic E-state index is 0.00971. The van der Waals surface area contributed by atoms with E-state index in [1.54, 1.807) is 20.8 Å². The third-order valence-corrected chi connectivity index (χ3v) is 8.65. The van der Waals surface area contributed by atoms with Crippen LogP contribution in [0.25, 0.3) is 11.2 Å². The molecule has 4 heterocycles. The van der Waals surface area contributed by atoms with Crippen molar-refractivity contribution in [3.63, 3.8) is 0 Å². The molecule has 5 rings (SSSR count). The molecule has 1 saturated carbocycles. The number of carbonyl (C=O) groups is 1. The standard InChI is InChI=1S/C19H25FN5O7PS/c1-5-28-14-10-13(23-17(21)24-14)25(8-22-10)16-18(4,20)19-11(30-16)12(19)31-33(27,32-19)29-6-7-34-15(26)9(2)3/h8-9,11-12,16H,5-7H2,1-4H3,(H2,21,23,24). The summed E-state index contributed by atoms with van der Waals surface area (Å²) >= 11 is 1.06. The summed E-state index contributed by atoms with van der Waals surface area (Å²) in [7, 11) is -4.03. The molecule has 2 aromatic heterocycles. The van der Waals surface area contributed by atoms with Crippen LogP contribution in [0.1, 0.15) is 33.9 Å².